The number of urea groups is 1. The van der Waals surface area contributed by atoms with E-state index in [0.29, 0.717) is 19.5 Å². The number of aliphatic hydroxyl groups excluding tert-OH is 1. The third-order valence-corrected chi connectivity index (χ3v) is 6.81. The average molecular weight is 551 g/mol. The van der Waals surface area contributed by atoms with Crippen LogP contribution in [0.25, 0.3) is 10.9 Å². The second kappa shape index (κ2) is 16.0. The lowest BCUT2D eigenvalue weighted by atomic mass is 10.00. The van der Waals surface area contributed by atoms with Crippen molar-refractivity contribution in [1.29, 1.82) is 0 Å². The Bertz CT molecular complexity index is 1420. The minimum Gasteiger partial charge on any atom is -0.391 e. The summed E-state index contributed by atoms with van der Waals surface area (Å²) in [4.78, 5) is 17.2. The number of nitrogens with one attached hydrogen (secondary N) is 1. The van der Waals surface area contributed by atoms with Crippen LogP contribution < -0.4 is 0 Å². The van der Waals surface area contributed by atoms with Gasteiger partial charge in [0.15, 0.2) is 0 Å². The van der Waals surface area contributed by atoms with E-state index in [4.69, 9.17) is 0 Å². The quantitative estimate of drug-likeness (QED) is 0.204. The second-order valence-corrected chi connectivity index (χ2v) is 10.2. The summed E-state index contributed by atoms with van der Waals surface area (Å²) >= 11 is 0. The molecule has 3 aromatic carbocycles. The van der Waals surface area contributed by atoms with Crippen LogP contribution in [0.15, 0.2) is 122 Å². The van der Waals surface area contributed by atoms with E-state index >= 15 is 0 Å². The number of benzene rings is 3. The molecule has 0 aliphatic heterocycles. The number of hydrogen-bond acceptors (Lipinski definition) is 3. The minimum atomic E-state index is -0.687. The molecule has 2 amide bonds. The van der Waals surface area contributed by atoms with Crippen LogP contribution in [0.3, 0.4) is 0 Å². The highest BCUT2D eigenvalue weighted by molar-refractivity contribution is 5.79. The molecule has 0 fully saturated rings. The molecule has 41 heavy (non-hydrogen) atoms. The summed E-state index contributed by atoms with van der Waals surface area (Å²) in [5, 5.41) is 18.8. The van der Waals surface area contributed by atoms with Crippen LogP contribution in [0, 0.1) is 0 Å². The molecule has 0 aliphatic carbocycles. The number of rotatable bonds is 10. The molecule has 6 nitrogen and oxygen atoms in total. The summed E-state index contributed by atoms with van der Waals surface area (Å²) in [6.45, 7) is 10.3. The molecule has 1 heterocycles. The van der Waals surface area contributed by atoms with E-state index in [1.165, 1.54) is 5.57 Å². The predicted molar refractivity (Wildman–Crippen MR) is 169 cm³/mol. The third kappa shape index (κ3) is 9.62. The van der Waals surface area contributed by atoms with Crippen LogP contribution in [0.5, 0.6) is 0 Å². The lowest BCUT2D eigenvalue weighted by Crippen LogP contribution is -2.51. The summed E-state index contributed by atoms with van der Waals surface area (Å²) in [7, 11) is 1.81. The molecule has 4 rings (SSSR count). The van der Waals surface area contributed by atoms with Crippen molar-refractivity contribution in [2.75, 3.05) is 7.05 Å². The maximum absolute atomic E-state index is 13.7. The molecular formula is C35H42N4O2. The molecule has 0 saturated carbocycles. The Labute approximate surface area is 244 Å². The van der Waals surface area contributed by atoms with Gasteiger partial charge < -0.3 is 14.9 Å². The van der Waals surface area contributed by atoms with Crippen molar-refractivity contribution < 1.29 is 9.90 Å². The molecular weight excluding hydrogens is 508 g/mol. The first-order chi connectivity index (χ1) is 19.8. The third-order valence-electron chi connectivity index (χ3n) is 6.81. The largest absolute Gasteiger partial charge is 0.391 e. The molecule has 0 aliphatic rings. The lowest BCUT2D eigenvalue weighted by Gasteiger charge is -2.37. The zero-order valence-corrected chi connectivity index (χ0v) is 24.6. The molecule has 2 N–H and O–H groups in total. The zero-order valence-electron chi connectivity index (χ0n) is 24.6. The zero-order chi connectivity index (χ0) is 29.6. The summed E-state index contributed by atoms with van der Waals surface area (Å²) < 4.78 is 0. The molecule has 2 unspecified atom stereocenters. The molecule has 2 atom stereocenters. The van der Waals surface area contributed by atoms with Crippen LogP contribution >= 0.6 is 0 Å². The highest BCUT2D eigenvalue weighted by Gasteiger charge is 2.30. The normalized spacial score (nSPS) is 12.9. The van der Waals surface area contributed by atoms with Gasteiger partial charge in [0.05, 0.1) is 23.9 Å². The first-order valence-corrected chi connectivity index (χ1v) is 13.9. The number of nitrogens with zero attached hydrogens (tertiary/aromatic N) is 3. The van der Waals surface area contributed by atoms with Crippen molar-refractivity contribution in [2.24, 2.45) is 0 Å². The van der Waals surface area contributed by atoms with E-state index in [-0.39, 0.29) is 12.1 Å². The summed E-state index contributed by atoms with van der Waals surface area (Å²) in [6, 6.07) is 25.5. The van der Waals surface area contributed by atoms with Crippen LogP contribution in [-0.4, -0.2) is 50.3 Å². The van der Waals surface area contributed by atoms with Gasteiger partial charge in [0.2, 0.25) is 0 Å². The maximum atomic E-state index is 13.7. The Morgan fingerprint density at radius 1 is 1.00 bits per heavy atom. The number of fused-ring (bicyclic) bond motifs is 1. The average Bonchev–Trinajstić information content (AvgIpc) is 3.46. The monoisotopic (exact) mass is 550 g/mol. The highest BCUT2D eigenvalue weighted by atomic mass is 16.3. The van der Waals surface area contributed by atoms with Gasteiger partial charge in [0, 0.05) is 25.5 Å². The Kier molecular flexibility index (Phi) is 12.1. The topological polar surface area (TPSA) is 72.5 Å². The van der Waals surface area contributed by atoms with Crippen LogP contribution in [0.4, 0.5) is 4.79 Å². The van der Waals surface area contributed by atoms with E-state index in [1.54, 1.807) is 22.9 Å². The van der Waals surface area contributed by atoms with Crippen molar-refractivity contribution >= 4 is 16.9 Å². The molecule has 4 aromatic rings. The van der Waals surface area contributed by atoms with Gasteiger partial charge in [-0.05, 0) is 56.0 Å². The minimum absolute atomic E-state index is 0.118. The number of aliphatic hydroxyl groups is 1. The van der Waals surface area contributed by atoms with Crippen LogP contribution in [0.2, 0.25) is 0 Å². The fourth-order valence-corrected chi connectivity index (χ4v) is 4.47. The maximum Gasteiger partial charge on any atom is 0.320 e. The van der Waals surface area contributed by atoms with Crippen molar-refractivity contribution in [3.8, 4) is 0 Å². The van der Waals surface area contributed by atoms with Crippen LogP contribution in [-0.2, 0) is 19.5 Å². The number of aromatic amines is 1. The van der Waals surface area contributed by atoms with Gasteiger partial charge >= 0.3 is 6.03 Å². The molecule has 1 aromatic heterocycles. The Morgan fingerprint density at radius 3 is 2.27 bits per heavy atom. The summed E-state index contributed by atoms with van der Waals surface area (Å²) in [5.41, 5.74) is 5.30. The van der Waals surface area contributed by atoms with E-state index in [2.05, 4.69) is 16.8 Å². The number of hydrogen-bond donors (Lipinski definition) is 2. The molecule has 0 saturated heterocycles. The van der Waals surface area contributed by atoms with E-state index in [1.807, 2.05) is 124 Å². The van der Waals surface area contributed by atoms with Gasteiger partial charge in [-0.3, -0.25) is 5.10 Å². The SMILES string of the molecule is C=C/C(C)=C\C=C/C.CC(O)C(Cc1ccccc1)N(Cc1ccccc1)C(=O)N(C)Cc1ccc2[nH]ncc2c1. The van der Waals surface area contributed by atoms with Gasteiger partial charge in [0.1, 0.15) is 0 Å². The van der Waals surface area contributed by atoms with Gasteiger partial charge in [-0.25, -0.2) is 4.79 Å². The van der Waals surface area contributed by atoms with Crippen LogP contribution in [0.1, 0.15) is 37.5 Å². The summed E-state index contributed by atoms with van der Waals surface area (Å²) in [6.07, 6.45) is 9.52. The fourth-order valence-electron chi connectivity index (χ4n) is 4.47. The van der Waals surface area contributed by atoms with Gasteiger partial charge in [0.25, 0.3) is 0 Å². The van der Waals surface area contributed by atoms with E-state index < -0.39 is 6.10 Å². The first-order valence-electron chi connectivity index (χ1n) is 13.9. The van der Waals surface area contributed by atoms with E-state index in [0.717, 1.165) is 27.6 Å². The lowest BCUT2D eigenvalue weighted by molar-refractivity contribution is 0.0613. The second-order valence-electron chi connectivity index (χ2n) is 10.2. The highest BCUT2D eigenvalue weighted by Crippen LogP contribution is 2.20. The first kappa shape index (κ1) is 31.1. The summed E-state index contributed by atoms with van der Waals surface area (Å²) in [5.74, 6) is 0. The van der Waals surface area contributed by atoms with Crippen molar-refractivity contribution in [2.45, 2.75) is 52.4 Å². The fraction of sp³-hybridized carbons (Fsp3) is 0.257. The van der Waals surface area contributed by atoms with Crippen molar-refractivity contribution in [3.05, 3.63) is 138 Å². The number of carbonyl (C=O) groups is 1. The number of carbonyl (C=O) groups excluding carboxylic acids is 1. The van der Waals surface area contributed by atoms with Crippen molar-refractivity contribution in [1.82, 2.24) is 20.0 Å². The van der Waals surface area contributed by atoms with E-state index in [9.17, 15) is 9.90 Å². The smallest absolute Gasteiger partial charge is 0.320 e. The van der Waals surface area contributed by atoms with Gasteiger partial charge in [-0.1, -0.05) is 103 Å². The number of aromatic nitrogens is 2. The molecule has 0 spiro atoms. The molecule has 6 heteroatoms. The Balaban J connectivity index is 0.000000507. The number of amides is 2. The molecule has 0 radical (unpaired) electrons. The number of allylic oxidation sites excluding steroid dienone is 5. The number of H-pyrrole nitrogens is 1. The van der Waals surface area contributed by atoms with Crippen molar-refractivity contribution in [3.63, 3.8) is 0 Å². The standard InChI is InChI=1S/C27H30N4O2.C8H12/c1-20(32)26(16-21-9-5-3-6-10-21)31(19-22-11-7-4-8-12-22)27(33)30(2)18-23-13-14-25-24(15-23)17-28-29-25;1-4-6-7-8(3)5-2/h3-15,17,20,26,32H,16,18-19H2,1-2H3,(H,28,29);4-7H,2H2,1,3H3/b;6-4-,8-7-. The Morgan fingerprint density at radius 2 is 1.66 bits per heavy atom. The Hall–Kier alpha value is -4.42. The molecule has 0 bridgehead atoms. The van der Waals surface area contributed by atoms with Gasteiger partial charge in [-0.2, -0.15) is 5.10 Å². The van der Waals surface area contributed by atoms with Gasteiger partial charge in [-0.15, -0.1) is 0 Å². The predicted octanol–water partition coefficient (Wildman–Crippen LogP) is 7.30. The molecule has 214 valence electrons.